The Hall–Kier alpha value is -2.81. The Bertz CT molecular complexity index is 632. The van der Waals surface area contributed by atoms with Crippen LogP contribution in [0.4, 0.5) is 0 Å². The highest BCUT2D eigenvalue weighted by Gasteiger charge is 2.29. The van der Waals surface area contributed by atoms with E-state index in [0.717, 1.165) is 0 Å². The summed E-state index contributed by atoms with van der Waals surface area (Å²) < 4.78 is 0. The predicted molar refractivity (Wildman–Crippen MR) is 107 cm³/mol. The molecule has 0 aromatic rings. The average Bonchev–Trinajstić information content (AvgIpc) is 2.72. The van der Waals surface area contributed by atoms with Crippen molar-refractivity contribution in [3.05, 3.63) is 0 Å². The molecule has 0 bridgehead atoms. The SMILES string of the molecule is NCCCCC(NC(=O)C(N)CCC(N)=O)C(=O)NC(CO)C(=O)NC(CO)C(=O)O. The highest BCUT2D eigenvalue weighted by molar-refractivity contribution is 5.94. The standard InChI is InChI=1S/C17H32N6O8/c18-6-2-1-3-10(21-14(27)9(19)4-5-13(20)26)15(28)22-11(7-24)16(29)23-12(8-25)17(30)31/h9-12,24-25H,1-8,18-19H2,(H2,20,26)(H,21,27)(H,22,28)(H,23,29)(H,30,31). The first-order valence-corrected chi connectivity index (χ1v) is 9.66. The van der Waals surface area contributed by atoms with Crippen molar-refractivity contribution in [2.24, 2.45) is 17.2 Å². The van der Waals surface area contributed by atoms with E-state index in [1.807, 2.05) is 5.32 Å². The molecule has 31 heavy (non-hydrogen) atoms. The lowest BCUT2D eigenvalue weighted by Crippen LogP contribution is -2.58. The van der Waals surface area contributed by atoms with Gasteiger partial charge < -0.3 is 48.5 Å². The van der Waals surface area contributed by atoms with Gasteiger partial charge in [0.15, 0.2) is 0 Å². The number of aliphatic hydroxyl groups is 2. The second-order valence-electron chi connectivity index (χ2n) is 6.78. The molecule has 4 atom stereocenters. The van der Waals surface area contributed by atoms with Gasteiger partial charge in [-0.25, -0.2) is 4.79 Å². The molecule has 0 aromatic heterocycles. The van der Waals surface area contributed by atoms with Crippen LogP contribution in [0.1, 0.15) is 32.1 Å². The van der Waals surface area contributed by atoms with Crippen LogP contribution < -0.4 is 33.2 Å². The maximum Gasteiger partial charge on any atom is 0.328 e. The molecule has 14 nitrogen and oxygen atoms in total. The van der Waals surface area contributed by atoms with Crippen molar-refractivity contribution >= 4 is 29.6 Å². The molecule has 4 amide bonds. The fourth-order valence-electron chi connectivity index (χ4n) is 2.39. The predicted octanol–water partition coefficient (Wildman–Crippen LogP) is -4.77. The van der Waals surface area contributed by atoms with Crippen molar-refractivity contribution in [3.63, 3.8) is 0 Å². The molecule has 0 fully saturated rings. The minimum absolute atomic E-state index is 0.0300. The highest BCUT2D eigenvalue weighted by atomic mass is 16.4. The molecule has 0 saturated carbocycles. The molecule has 0 aliphatic rings. The van der Waals surface area contributed by atoms with Gasteiger partial charge in [-0.1, -0.05) is 0 Å². The Morgan fingerprint density at radius 3 is 1.77 bits per heavy atom. The van der Waals surface area contributed by atoms with Crippen LogP contribution in [-0.4, -0.2) is 88.8 Å². The number of hydrogen-bond acceptors (Lipinski definition) is 9. The van der Waals surface area contributed by atoms with E-state index >= 15 is 0 Å². The normalized spacial score (nSPS) is 14.6. The van der Waals surface area contributed by atoms with Gasteiger partial charge in [-0.3, -0.25) is 19.2 Å². The number of nitrogens with two attached hydrogens (primary N) is 3. The lowest BCUT2D eigenvalue weighted by molar-refractivity contribution is -0.143. The number of unbranched alkanes of at least 4 members (excludes halogenated alkanes) is 1. The molecule has 12 N–H and O–H groups in total. The Balaban J connectivity index is 5.15. The summed E-state index contributed by atoms with van der Waals surface area (Å²) in [4.78, 5) is 58.7. The summed E-state index contributed by atoms with van der Waals surface area (Å²) in [5.74, 6) is -4.72. The van der Waals surface area contributed by atoms with Gasteiger partial charge in [0.25, 0.3) is 0 Å². The fraction of sp³-hybridized carbons (Fsp3) is 0.706. The zero-order chi connectivity index (χ0) is 24.0. The first-order chi connectivity index (χ1) is 14.6. The second kappa shape index (κ2) is 15.1. The summed E-state index contributed by atoms with van der Waals surface area (Å²) >= 11 is 0. The molecule has 0 saturated heterocycles. The Morgan fingerprint density at radius 2 is 1.29 bits per heavy atom. The van der Waals surface area contributed by atoms with E-state index < -0.39 is 67.0 Å². The third-order valence-electron chi connectivity index (χ3n) is 4.23. The Morgan fingerprint density at radius 1 is 0.774 bits per heavy atom. The third kappa shape index (κ3) is 11.2. The van der Waals surface area contributed by atoms with Crippen molar-refractivity contribution in [3.8, 4) is 0 Å². The van der Waals surface area contributed by atoms with E-state index in [-0.39, 0.29) is 19.3 Å². The molecule has 14 heteroatoms. The molecule has 0 aliphatic heterocycles. The number of aliphatic carboxylic acids is 1. The van der Waals surface area contributed by atoms with Crippen LogP contribution in [0.5, 0.6) is 0 Å². The van der Waals surface area contributed by atoms with Gasteiger partial charge in [-0.2, -0.15) is 0 Å². The Kier molecular flexibility index (Phi) is 13.7. The van der Waals surface area contributed by atoms with E-state index in [1.54, 1.807) is 0 Å². The van der Waals surface area contributed by atoms with Gasteiger partial charge in [-0.05, 0) is 32.2 Å². The summed E-state index contributed by atoms with van der Waals surface area (Å²) in [5.41, 5.74) is 16.1. The number of nitrogens with one attached hydrogen (secondary N) is 3. The van der Waals surface area contributed by atoms with E-state index in [2.05, 4.69) is 10.6 Å². The van der Waals surface area contributed by atoms with Crippen molar-refractivity contribution < 1.29 is 39.3 Å². The average molecular weight is 448 g/mol. The van der Waals surface area contributed by atoms with Gasteiger partial charge in [0.1, 0.15) is 18.1 Å². The van der Waals surface area contributed by atoms with E-state index in [0.29, 0.717) is 19.4 Å². The number of carbonyl (C=O) groups is 5. The van der Waals surface area contributed by atoms with Crippen LogP contribution in [0, 0.1) is 0 Å². The molecule has 0 radical (unpaired) electrons. The van der Waals surface area contributed by atoms with Gasteiger partial charge in [0.05, 0.1) is 19.3 Å². The van der Waals surface area contributed by atoms with Crippen LogP contribution in [0.2, 0.25) is 0 Å². The molecule has 0 rings (SSSR count). The summed E-state index contributed by atoms with van der Waals surface area (Å²) in [5, 5.41) is 33.9. The minimum Gasteiger partial charge on any atom is -0.480 e. The number of aliphatic hydroxyl groups excluding tert-OH is 2. The summed E-state index contributed by atoms with van der Waals surface area (Å²) in [7, 11) is 0. The topological polar surface area (TPSA) is 260 Å². The number of hydrogen-bond donors (Lipinski definition) is 9. The third-order valence-corrected chi connectivity index (χ3v) is 4.23. The van der Waals surface area contributed by atoms with E-state index in [9.17, 15) is 29.1 Å². The molecule has 0 heterocycles. The van der Waals surface area contributed by atoms with Crippen LogP contribution in [0.15, 0.2) is 0 Å². The van der Waals surface area contributed by atoms with Gasteiger partial charge >= 0.3 is 5.97 Å². The van der Waals surface area contributed by atoms with Crippen molar-refractivity contribution in [2.75, 3.05) is 19.8 Å². The Labute approximate surface area is 178 Å². The number of carbonyl (C=O) groups excluding carboxylic acids is 4. The molecule has 0 aromatic carbocycles. The number of carboxylic acids is 1. The molecule has 0 aliphatic carbocycles. The van der Waals surface area contributed by atoms with Crippen molar-refractivity contribution in [1.82, 2.24) is 16.0 Å². The maximum atomic E-state index is 12.6. The number of rotatable bonds is 16. The minimum atomic E-state index is -1.62. The summed E-state index contributed by atoms with van der Waals surface area (Å²) in [6.07, 6.45) is 0.991. The molecular formula is C17H32N6O8. The van der Waals surface area contributed by atoms with Crippen LogP contribution in [0.25, 0.3) is 0 Å². The summed E-state index contributed by atoms with van der Waals surface area (Å²) in [6.45, 7) is -1.41. The van der Waals surface area contributed by atoms with Gasteiger partial charge in [0, 0.05) is 6.42 Å². The van der Waals surface area contributed by atoms with Gasteiger partial charge in [-0.15, -0.1) is 0 Å². The van der Waals surface area contributed by atoms with Crippen LogP contribution in [0.3, 0.4) is 0 Å². The quantitative estimate of drug-likeness (QED) is 0.102. The molecule has 4 unspecified atom stereocenters. The zero-order valence-electron chi connectivity index (χ0n) is 17.1. The molecule has 178 valence electrons. The maximum absolute atomic E-state index is 12.6. The van der Waals surface area contributed by atoms with Crippen LogP contribution in [-0.2, 0) is 24.0 Å². The summed E-state index contributed by atoms with van der Waals surface area (Å²) in [6, 6.07) is -5.39. The first-order valence-electron chi connectivity index (χ1n) is 9.66. The van der Waals surface area contributed by atoms with Crippen molar-refractivity contribution in [1.29, 1.82) is 0 Å². The fourth-order valence-corrected chi connectivity index (χ4v) is 2.39. The lowest BCUT2D eigenvalue weighted by atomic mass is 10.1. The molecular weight excluding hydrogens is 416 g/mol. The van der Waals surface area contributed by atoms with Gasteiger partial charge in [0.2, 0.25) is 23.6 Å². The highest BCUT2D eigenvalue weighted by Crippen LogP contribution is 2.04. The first kappa shape index (κ1) is 28.2. The lowest BCUT2D eigenvalue weighted by Gasteiger charge is -2.24. The monoisotopic (exact) mass is 448 g/mol. The second-order valence-corrected chi connectivity index (χ2v) is 6.78. The van der Waals surface area contributed by atoms with Crippen molar-refractivity contribution in [2.45, 2.75) is 56.3 Å². The van der Waals surface area contributed by atoms with Crippen LogP contribution >= 0.6 is 0 Å². The smallest absolute Gasteiger partial charge is 0.328 e. The number of carboxylic acid groups (broad SMARTS) is 1. The van der Waals surface area contributed by atoms with E-state index in [4.69, 9.17) is 27.4 Å². The number of amides is 4. The zero-order valence-corrected chi connectivity index (χ0v) is 17.1. The number of primary amides is 1. The van der Waals surface area contributed by atoms with E-state index in [1.165, 1.54) is 0 Å². The molecule has 0 spiro atoms. The largest absolute Gasteiger partial charge is 0.480 e.